The first-order valence-electron chi connectivity index (χ1n) is 9.54. The van der Waals surface area contributed by atoms with Gasteiger partial charge in [0, 0.05) is 17.8 Å². The lowest BCUT2D eigenvalue weighted by molar-refractivity contribution is 0.0635. The van der Waals surface area contributed by atoms with Crippen LogP contribution >= 0.6 is 0 Å². The summed E-state index contributed by atoms with van der Waals surface area (Å²) in [4.78, 5) is 24.7. The number of anilines is 2. The molecule has 0 aliphatic heterocycles. The van der Waals surface area contributed by atoms with Crippen LogP contribution in [0.1, 0.15) is 38.1 Å². The zero-order valence-corrected chi connectivity index (χ0v) is 18.9. The van der Waals surface area contributed by atoms with Gasteiger partial charge in [-0.2, -0.15) is 0 Å². The number of nitrogens with one attached hydrogen (secondary N) is 3. The molecule has 0 atom stereocenters. The van der Waals surface area contributed by atoms with Crippen LogP contribution in [-0.2, 0) is 14.8 Å². The highest BCUT2D eigenvalue weighted by atomic mass is 32.2. The van der Waals surface area contributed by atoms with Crippen LogP contribution in [0, 0.1) is 0 Å². The second kappa shape index (κ2) is 9.80. The highest BCUT2D eigenvalue weighted by Gasteiger charge is 2.19. The van der Waals surface area contributed by atoms with E-state index in [0.717, 1.165) is 0 Å². The number of rotatable bonds is 7. The molecule has 0 aliphatic carbocycles. The van der Waals surface area contributed by atoms with E-state index >= 15 is 0 Å². The van der Waals surface area contributed by atoms with E-state index < -0.39 is 27.6 Å². The largest absolute Gasteiger partial charge is 0.495 e. The Hall–Kier alpha value is -3.11. The molecular weight excluding hydrogens is 422 g/mol. The number of hydrogen-bond donors (Lipinski definition) is 3. The number of methoxy groups -OCH3 is 1. The molecule has 10 heteroatoms. The van der Waals surface area contributed by atoms with Crippen molar-refractivity contribution in [2.45, 2.75) is 38.2 Å². The monoisotopic (exact) mass is 449 g/mol. The Morgan fingerprint density at radius 2 is 1.74 bits per heavy atom. The van der Waals surface area contributed by atoms with Crippen LogP contribution < -0.4 is 20.1 Å². The maximum atomic E-state index is 12.7. The Kier molecular flexibility index (Phi) is 7.64. The normalized spacial score (nSPS) is 11.5. The third-order valence-electron chi connectivity index (χ3n) is 3.83. The average molecular weight is 450 g/mol. The van der Waals surface area contributed by atoms with Gasteiger partial charge in [-0.15, -0.1) is 0 Å². The van der Waals surface area contributed by atoms with Crippen molar-refractivity contribution in [2.24, 2.45) is 0 Å². The van der Waals surface area contributed by atoms with Crippen LogP contribution in [0.25, 0.3) is 0 Å². The molecule has 2 amide bonds. The highest BCUT2D eigenvalue weighted by molar-refractivity contribution is 7.89. The van der Waals surface area contributed by atoms with Crippen molar-refractivity contribution >= 4 is 33.4 Å². The standard InChI is InChI=1S/C21H27N3O6S/c1-6-22-31(27,28)16-9-7-8-14(12-16)19(25)23-15-10-11-18(29-5)17(13-15)24-20(26)30-21(2,3)4/h7-13,22H,6H2,1-5H3,(H,23,25)(H,24,26). The Labute approximate surface area is 182 Å². The summed E-state index contributed by atoms with van der Waals surface area (Å²) >= 11 is 0. The summed E-state index contributed by atoms with van der Waals surface area (Å²) in [5, 5.41) is 5.27. The predicted molar refractivity (Wildman–Crippen MR) is 118 cm³/mol. The maximum absolute atomic E-state index is 12.7. The molecule has 0 aromatic heterocycles. The van der Waals surface area contributed by atoms with Crippen molar-refractivity contribution in [3.63, 3.8) is 0 Å². The van der Waals surface area contributed by atoms with Gasteiger partial charge >= 0.3 is 6.09 Å². The average Bonchev–Trinajstić information content (AvgIpc) is 2.67. The van der Waals surface area contributed by atoms with Crippen LogP contribution in [0.15, 0.2) is 47.4 Å². The van der Waals surface area contributed by atoms with Gasteiger partial charge in [0.15, 0.2) is 0 Å². The highest BCUT2D eigenvalue weighted by Crippen LogP contribution is 2.29. The van der Waals surface area contributed by atoms with E-state index in [9.17, 15) is 18.0 Å². The van der Waals surface area contributed by atoms with Gasteiger partial charge in [-0.05, 0) is 57.2 Å². The van der Waals surface area contributed by atoms with Crippen LogP contribution in [0.3, 0.4) is 0 Å². The SMILES string of the molecule is CCNS(=O)(=O)c1cccc(C(=O)Nc2ccc(OC)c(NC(=O)OC(C)(C)C)c2)c1. The van der Waals surface area contributed by atoms with Crippen molar-refractivity contribution in [2.75, 3.05) is 24.3 Å². The molecular formula is C21H27N3O6S. The Morgan fingerprint density at radius 3 is 2.35 bits per heavy atom. The minimum absolute atomic E-state index is 0.0102. The third kappa shape index (κ3) is 6.97. The maximum Gasteiger partial charge on any atom is 0.412 e. The first-order valence-corrected chi connectivity index (χ1v) is 11.0. The molecule has 9 nitrogen and oxygen atoms in total. The summed E-state index contributed by atoms with van der Waals surface area (Å²) in [5.41, 5.74) is 0.160. The zero-order valence-electron chi connectivity index (χ0n) is 18.1. The zero-order chi connectivity index (χ0) is 23.2. The van der Waals surface area contributed by atoms with Crippen LogP contribution in [0.4, 0.5) is 16.2 Å². The number of carbonyl (C=O) groups is 2. The first kappa shape index (κ1) is 24.2. The van der Waals surface area contributed by atoms with E-state index in [0.29, 0.717) is 17.1 Å². The van der Waals surface area contributed by atoms with Gasteiger partial charge in [0.2, 0.25) is 10.0 Å². The summed E-state index contributed by atoms with van der Waals surface area (Å²) in [7, 11) is -2.24. The molecule has 0 spiro atoms. The second-order valence-corrected chi connectivity index (χ2v) is 9.29. The minimum Gasteiger partial charge on any atom is -0.495 e. The number of sulfonamides is 1. The van der Waals surface area contributed by atoms with Crippen molar-refractivity contribution < 1.29 is 27.5 Å². The molecule has 0 radical (unpaired) electrons. The fourth-order valence-electron chi connectivity index (χ4n) is 2.58. The number of benzene rings is 2. The topological polar surface area (TPSA) is 123 Å². The van der Waals surface area contributed by atoms with Gasteiger partial charge < -0.3 is 14.8 Å². The molecule has 0 fully saturated rings. The van der Waals surface area contributed by atoms with Gasteiger partial charge in [0.05, 0.1) is 17.7 Å². The van der Waals surface area contributed by atoms with Crippen LogP contribution in [-0.4, -0.2) is 39.7 Å². The molecule has 0 heterocycles. The number of carbonyl (C=O) groups excluding carboxylic acids is 2. The molecule has 2 aromatic carbocycles. The quantitative estimate of drug-likeness (QED) is 0.594. The number of amides is 2. The molecule has 0 saturated heterocycles. The van der Waals surface area contributed by atoms with Crippen molar-refractivity contribution in [1.29, 1.82) is 0 Å². The Bertz CT molecular complexity index is 1060. The lowest BCUT2D eigenvalue weighted by Gasteiger charge is -2.20. The lowest BCUT2D eigenvalue weighted by Crippen LogP contribution is -2.27. The molecule has 0 aliphatic rings. The summed E-state index contributed by atoms with van der Waals surface area (Å²) in [5.74, 6) is -0.135. The third-order valence-corrected chi connectivity index (χ3v) is 5.38. The predicted octanol–water partition coefficient (Wildman–Crippen LogP) is 3.59. The van der Waals surface area contributed by atoms with Crippen LogP contribution in [0.2, 0.25) is 0 Å². The Balaban J connectivity index is 2.23. The van der Waals surface area contributed by atoms with E-state index in [4.69, 9.17) is 9.47 Å². The van der Waals surface area contributed by atoms with Crippen molar-refractivity contribution in [1.82, 2.24) is 4.72 Å². The molecule has 31 heavy (non-hydrogen) atoms. The lowest BCUT2D eigenvalue weighted by atomic mass is 10.2. The van der Waals surface area contributed by atoms with E-state index in [-0.39, 0.29) is 17.0 Å². The molecule has 0 saturated carbocycles. The smallest absolute Gasteiger partial charge is 0.412 e. The van der Waals surface area contributed by atoms with Gasteiger partial charge in [-0.3, -0.25) is 10.1 Å². The second-order valence-electron chi connectivity index (χ2n) is 7.53. The summed E-state index contributed by atoms with van der Waals surface area (Å²) in [6.07, 6.45) is -0.671. The first-order chi connectivity index (χ1) is 14.4. The number of hydrogen-bond acceptors (Lipinski definition) is 6. The van der Waals surface area contributed by atoms with Crippen molar-refractivity contribution in [3.05, 3.63) is 48.0 Å². The molecule has 3 N–H and O–H groups in total. The van der Waals surface area contributed by atoms with E-state index in [2.05, 4.69) is 15.4 Å². The van der Waals surface area contributed by atoms with Gasteiger partial charge in [0.25, 0.3) is 5.91 Å². The molecule has 168 valence electrons. The molecule has 0 unspecified atom stereocenters. The van der Waals surface area contributed by atoms with E-state index in [1.54, 1.807) is 39.8 Å². The summed E-state index contributed by atoms with van der Waals surface area (Å²) in [6, 6.07) is 10.4. The summed E-state index contributed by atoms with van der Waals surface area (Å²) in [6.45, 7) is 7.12. The van der Waals surface area contributed by atoms with E-state index in [1.165, 1.54) is 37.4 Å². The molecule has 2 rings (SSSR count). The van der Waals surface area contributed by atoms with E-state index in [1.807, 2.05) is 0 Å². The number of ether oxygens (including phenoxy) is 2. The van der Waals surface area contributed by atoms with Gasteiger partial charge in [0.1, 0.15) is 11.4 Å². The fraction of sp³-hybridized carbons (Fsp3) is 0.333. The fourth-order valence-corrected chi connectivity index (χ4v) is 3.66. The van der Waals surface area contributed by atoms with Gasteiger partial charge in [-0.25, -0.2) is 17.9 Å². The minimum atomic E-state index is -3.69. The molecule has 2 aromatic rings. The summed E-state index contributed by atoms with van der Waals surface area (Å²) < 4.78 is 37.2. The molecule has 0 bridgehead atoms. The van der Waals surface area contributed by atoms with Crippen molar-refractivity contribution in [3.8, 4) is 5.75 Å². The Morgan fingerprint density at radius 1 is 1.03 bits per heavy atom. The van der Waals surface area contributed by atoms with Gasteiger partial charge in [-0.1, -0.05) is 13.0 Å². The van der Waals surface area contributed by atoms with Crippen LogP contribution in [0.5, 0.6) is 5.75 Å².